The lowest BCUT2D eigenvalue weighted by Gasteiger charge is -2.16. The summed E-state index contributed by atoms with van der Waals surface area (Å²) in [4.78, 5) is 11.1. The van der Waals surface area contributed by atoms with Crippen LogP contribution in [0.25, 0.3) is 17.1 Å². The smallest absolute Gasteiger partial charge is 0.418 e. The van der Waals surface area contributed by atoms with E-state index in [9.17, 15) is 18.0 Å². The first-order chi connectivity index (χ1) is 10.9. The van der Waals surface area contributed by atoms with Crippen LogP contribution in [0.2, 0.25) is 0 Å². The monoisotopic (exact) mass is 323 g/mol. The Hall–Kier alpha value is -3.17. The van der Waals surface area contributed by atoms with Gasteiger partial charge in [0.25, 0.3) is 0 Å². The molecule has 0 spiro atoms. The van der Waals surface area contributed by atoms with Gasteiger partial charge in [0.05, 0.1) is 11.3 Å². The number of aromatic nitrogens is 5. The van der Waals surface area contributed by atoms with Crippen LogP contribution in [0.4, 0.5) is 13.2 Å². The van der Waals surface area contributed by atoms with Crippen LogP contribution in [-0.4, -0.2) is 36.3 Å². The Morgan fingerprint density at radius 1 is 1.26 bits per heavy atom. The van der Waals surface area contributed by atoms with Crippen molar-refractivity contribution < 1.29 is 23.1 Å². The number of carbonyl (C=O) groups is 1. The Bertz CT molecular complexity index is 855. The number of carboxylic acids is 1. The Balaban J connectivity index is 2.21. The minimum absolute atomic E-state index is 0.0769. The van der Waals surface area contributed by atoms with Crippen molar-refractivity contribution in [3.8, 4) is 17.1 Å². The minimum atomic E-state index is -4.68. The molecule has 2 N–H and O–H groups in total. The van der Waals surface area contributed by atoms with Crippen molar-refractivity contribution in [1.82, 2.24) is 25.2 Å². The summed E-state index contributed by atoms with van der Waals surface area (Å²) >= 11 is 0. The van der Waals surface area contributed by atoms with E-state index in [1.165, 1.54) is 30.5 Å². The third-order valence-corrected chi connectivity index (χ3v) is 3.15. The summed E-state index contributed by atoms with van der Waals surface area (Å²) in [6.07, 6.45) is -3.43. The third kappa shape index (κ3) is 2.65. The highest BCUT2D eigenvalue weighted by Gasteiger charge is 2.35. The SMILES string of the molecule is O=C(O)c1cccn1-c1ccc(-c2nnn[nH]2)cc1C(F)(F)F. The number of aromatic carboxylic acids is 1. The Kier molecular flexibility index (Phi) is 3.36. The predicted molar refractivity (Wildman–Crippen MR) is 70.9 cm³/mol. The van der Waals surface area contributed by atoms with Crippen molar-refractivity contribution in [2.75, 3.05) is 0 Å². The highest BCUT2D eigenvalue weighted by Crippen LogP contribution is 2.36. The largest absolute Gasteiger partial charge is 0.477 e. The lowest BCUT2D eigenvalue weighted by atomic mass is 10.1. The Morgan fingerprint density at radius 3 is 2.65 bits per heavy atom. The van der Waals surface area contributed by atoms with Gasteiger partial charge in [-0.15, -0.1) is 5.10 Å². The first-order valence-corrected chi connectivity index (χ1v) is 6.24. The minimum Gasteiger partial charge on any atom is -0.477 e. The first kappa shape index (κ1) is 14.8. The molecule has 0 aliphatic carbocycles. The van der Waals surface area contributed by atoms with E-state index in [1.807, 2.05) is 0 Å². The summed E-state index contributed by atoms with van der Waals surface area (Å²) in [6.45, 7) is 0. The molecule has 23 heavy (non-hydrogen) atoms. The van der Waals surface area contributed by atoms with Gasteiger partial charge in [-0.2, -0.15) is 13.2 Å². The number of benzene rings is 1. The number of rotatable bonds is 3. The molecule has 2 aromatic heterocycles. The highest BCUT2D eigenvalue weighted by molar-refractivity contribution is 5.86. The molecular weight excluding hydrogens is 315 g/mol. The molecule has 0 atom stereocenters. The van der Waals surface area contributed by atoms with Gasteiger partial charge in [-0.1, -0.05) is 0 Å². The van der Waals surface area contributed by atoms with Gasteiger partial charge in [0.2, 0.25) is 0 Å². The summed E-state index contributed by atoms with van der Waals surface area (Å²) in [7, 11) is 0. The normalized spacial score (nSPS) is 11.6. The van der Waals surface area contributed by atoms with Gasteiger partial charge in [-0.25, -0.2) is 9.89 Å². The molecule has 1 aromatic carbocycles. The maximum atomic E-state index is 13.4. The molecule has 3 aromatic rings. The van der Waals surface area contributed by atoms with Crippen LogP contribution in [0.1, 0.15) is 16.1 Å². The molecule has 0 aliphatic heterocycles. The van der Waals surface area contributed by atoms with E-state index in [2.05, 4.69) is 20.6 Å². The third-order valence-electron chi connectivity index (χ3n) is 3.15. The lowest BCUT2D eigenvalue weighted by Crippen LogP contribution is -2.14. The number of nitrogens with one attached hydrogen (secondary N) is 1. The van der Waals surface area contributed by atoms with Gasteiger partial charge in [-0.3, -0.25) is 0 Å². The van der Waals surface area contributed by atoms with Crippen LogP contribution in [-0.2, 0) is 6.18 Å². The lowest BCUT2D eigenvalue weighted by molar-refractivity contribution is -0.137. The molecule has 0 saturated carbocycles. The fourth-order valence-corrected chi connectivity index (χ4v) is 2.17. The van der Waals surface area contributed by atoms with Gasteiger partial charge < -0.3 is 9.67 Å². The zero-order chi connectivity index (χ0) is 16.6. The van der Waals surface area contributed by atoms with E-state index >= 15 is 0 Å². The van der Waals surface area contributed by atoms with Crippen molar-refractivity contribution in [2.24, 2.45) is 0 Å². The van der Waals surface area contributed by atoms with Crippen molar-refractivity contribution in [3.05, 3.63) is 47.8 Å². The van der Waals surface area contributed by atoms with E-state index < -0.39 is 17.7 Å². The highest BCUT2D eigenvalue weighted by atomic mass is 19.4. The van der Waals surface area contributed by atoms with E-state index in [-0.39, 0.29) is 22.8 Å². The average Bonchev–Trinajstić information content (AvgIpc) is 3.17. The van der Waals surface area contributed by atoms with Gasteiger partial charge in [0, 0.05) is 11.8 Å². The second-order valence-corrected chi connectivity index (χ2v) is 4.55. The number of nitrogens with zero attached hydrogens (tertiary/aromatic N) is 4. The molecule has 118 valence electrons. The summed E-state index contributed by atoms with van der Waals surface area (Å²) in [5.74, 6) is -1.25. The van der Waals surface area contributed by atoms with Crippen LogP contribution in [0.3, 0.4) is 0 Å². The summed E-state index contributed by atoms with van der Waals surface area (Å²) in [5.41, 5.74) is -1.43. The van der Waals surface area contributed by atoms with E-state index in [0.29, 0.717) is 0 Å². The second kappa shape index (κ2) is 5.23. The Labute approximate surface area is 126 Å². The van der Waals surface area contributed by atoms with Gasteiger partial charge in [0.15, 0.2) is 5.82 Å². The Morgan fingerprint density at radius 2 is 2.04 bits per heavy atom. The molecule has 0 bridgehead atoms. The van der Waals surface area contributed by atoms with Gasteiger partial charge >= 0.3 is 12.1 Å². The second-order valence-electron chi connectivity index (χ2n) is 4.55. The zero-order valence-corrected chi connectivity index (χ0v) is 11.2. The van der Waals surface area contributed by atoms with Crippen LogP contribution in [0.5, 0.6) is 0 Å². The standard InChI is InChI=1S/C13H8F3N5O2/c14-13(15,16)8-6-7(11-17-19-20-18-11)3-4-9(8)21-5-1-2-10(21)12(22)23/h1-6H,(H,22,23)(H,17,18,19,20). The first-order valence-electron chi connectivity index (χ1n) is 6.24. The van der Waals surface area contributed by atoms with Gasteiger partial charge in [0.1, 0.15) is 5.69 Å². The summed E-state index contributed by atoms with van der Waals surface area (Å²) in [6, 6.07) is 5.99. The molecule has 7 nitrogen and oxygen atoms in total. The van der Waals surface area contributed by atoms with Crippen LogP contribution in [0.15, 0.2) is 36.5 Å². The van der Waals surface area contributed by atoms with Crippen molar-refractivity contribution in [3.63, 3.8) is 0 Å². The molecule has 3 rings (SSSR count). The molecule has 0 amide bonds. The van der Waals surface area contributed by atoms with Crippen molar-refractivity contribution in [2.45, 2.75) is 6.18 Å². The molecule has 0 saturated heterocycles. The maximum absolute atomic E-state index is 13.4. The molecule has 0 radical (unpaired) electrons. The molecule has 0 unspecified atom stereocenters. The van der Waals surface area contributed by atoms with Crippen LogP contribution < -0.4 is 0 Å². The number of H-pyrrole nitrogens is 1. The fourth-order valence-electron chi connectivity index (χ4n) is 2.17. The topological polar surface area (TPSA) is 96.7 Å². The number of halogens is 3. The number of aromatic amines is 1. The van der Waals surface area contributed by atoms with E-state index in [0.717, 1.165) is 10.6 Å². The molecule has 0 aliphatic rings. The number of hydrogen-bond acceptors (Lipinski definition) is 4. The summed E-state index contributed by atoms with van der Waals surface area (Å²) in [5, 5.41) is 21.6. The van der Waals surface area contributed by atoms with Crippen molar-refractivity contribution >= 4 is 5.97 Å². The van der Waals surface area contributed by atoms with E-state index in [1.54, 1.807) is 0 Å². The maximum Gasteiger partial charge on any atom is 0.418 e. The van der Waals surface area contributed by atoms with Crippen LogP contribution >= 0.6 is 0 Å². The number of carboxylic acid groups (broad SMARTS) is 1. The van der Waals surface area contributed by atoms with Crippen LogP contribution in [0, 0.1) is 0 Å². The number of alkyl halides is 3. The van der Waals surface area contributed by atoms with E-state index in [4.69, 9.17) is 5.11 Å². The molecule has 2 heterocycles. The van der Waals surface area contributed by atoms with Crippen molar-refractivity contribution in [1.29, 1.82) is 0 Å². The fraction of sp³-hybridized carbons (Fsp3) is 0.0769. The van der Waals surface area contributed by atoms with Gasteiger partial charge in [-0.05, 0) is 40.8 Å². The quantitative estimate of drug-likeness (QED) is 0.771. The molecule has 10 heteroatoms. The number of tetrazole rings is 1. The zero-order valence-electron chi connectivity index (χ0n) is 11.2. The summed E-state index contributed by atoms with van der Waals surface area (Å²) < 4.78 is 41.1. The average molecular weight is 323 g/mol. The molecular formula is C13H8F3N5O2. The number of hydrogen-bond donors (Lipinski definition) is 2. The predicted octanol–water partition coefficient (Wildman–Crippen LogP) is 2.37. The molecule has 0 fully saturated rings.